The van der Waals surface area contributed by atoms with Crippen molar-refractivity contribution >= 4 is 15.9 Å². The molecule has 0 aliphatic heterocycles. The van der Waals surface area contributed by atoms with Crippen LogP contribution in [0.3, 0.4) is 0 Å². The van der Waals surface area contributed by atoms with Crippen molar-refractivity contribution in [1.82, 2.24) is 5.32 Å². The number of rotatable bonds is 3. The quantitative estimate of drug-likeness (QED) is 0.933. The van der Waals surface area contributed by atoms with Crippen molar-refractivity contribution in [1.29, 1.82) is 0 Å². The number of benzene rings is 1. The Balaban J connectivity index is 2.37. The van der Waals surface area contributed by atoms with Crippen LogP contribution in [0.25, 0.3) is 0 Å². The highest BCUT2D eigenvalue weighted by molar-refractivity contribution is 9.10. The van der Waals surface area contributed by atoms with Gasteiger partial charge in [-0.3, -0.25) is 0 Å². The van der Waals surface area contributed by atoms with Gasteiger partial charge in [-0.15, -0.1) is 0 Å². The van der Waals surface area contributed by atoms with Crippen LogP contribution in [0.5, 0.6) is 0 Å². The Kier molecular flexibility index (Phi) is 3.41. The van der Waals surface area contributed by atoms with Gasteiger partial charge in [-0.25, -0.2) is 4.39 Å². The van der Waals surface area contributed by atoms with Crippen LogP contribution in [-0.2, 0) is 0 Å². The first-order valence-electron chi connectivity index (χ1n) is 4.88. The van der Waals surface area contributed by atoms with E-state index in [0.717, 1.165) is 11.3 Å². The van der Waals surface area contributed by atoms with Gasteiger partial charge in [0.2, 0.25) is 0 Å². The van der Waals surface area contributed by atoms with Gasteiger partial charge in [-0.1, -0.05) is 6.07 Å². The second-order valence-electron chi connectivity index (χ2n) is 3.41. The molecule has 16 heavy (non-hydrogen) atoms. The molecule has 2 nitrogen and oxygen atoms in total. The normalized spacial score (nSPS) is 12.7. The van der Waals surface area contributed by atoms with E-state index < -0.39 is 0 Å². The lowest BCUT2D eigenvalue weighted by Crippen LogP contribution is -2.17. The highest BCUT2D eigenvalue weighted by Gasteiger charge is 2.15. The van der Waals surface area contributed by atoms with Gasteiger partial charge < -0.3 is 9.73 Å². The minimum Gasteiger partial charge on any atom is -0.467 e. The largest absolute Gasteiger partial charge is 0.467 e. The zero-order valence-electron chi connectivity index (χ0n) is 8.71. The van der Waals surface area contributed by atoms with Crippen LogP contribution in [0.2, 0.25) is 0 Å². The zero-order valence-corrected chi connectivity index (χ0v) is 10.3. The Morgan fingerprint density at radius 1 is 1.38 bits per heavy atom. The van der Waals surface area contributed by atoms with E-state index in [2.05, 4.69) is 21.2 Å². The van der Waals surface area contributed by atoms with Crippen LogP contribution in [0.1, 0.15) is 17.4 Å². The molecular weight excluding hydrogens is 273 g/mol. The summed E-state index contributed by atoms with van der Waals surface area (Å²) in [6, 6.07) is 8.59. The number of halogens is 2. The molecule has 0 amide bonds. The Morgan fingerprint density at radius 2 is 2.19 bits per heavy atom. The lowest BCUT2D eigenvalue weighted by molar-refractivity contribution is 0.462. The molecule has 2 rings (SSSR count). The first-order valence-corrected chi connectivity index (χ1v) is 5.67. The van der Waals surface area contributed by atoms with Gasteiger partial charge in [0.15, 0.2) is 0 Å². The van der Waals surface area contributed by atoms with Gasteiger partial charge in [-0.2, -0.15) is 0 Å². The molecule has 0 fully saturated rings. The Bertz CT molecular complexity index is 470. The van der Waals surface area contributed by atoms with E-state index in [4.69, 9.17) is 4.42 Å². The minimum absolute atomic E-state index is 0.127. The standard InChI is InChI=1S/C12H11BrFNO/c1-15-12(11-3-2-6-16-11)8-4-5-9(13)10(14)7-8/h2-7,12,15H,1H3. The van der Waals surface area contributed by atoms with Crippen molar-refractivity contribution in [3.05, 3.63) is 58.2 Å². The Hall–Kier alpha value is -1.13. The number of hydrogen-bond donors (Lipinski definition) is 1. The maximum Gasteiger partial charge on any atom is 0.137 e. The summed E-state index contributed by atoms with van der Waals surface area (Å²) < 4.78 is 19.2. The lowest BCUT2D eigenvalue weighted by Gasteiger charge is -2.14. The summed E-state index contributed by atoms with van der Waals surface area (Å²) in [7, 11) is 1.81. The highest BCUT2D eigenvalue weighted by atomic mass is 79.9. The SMILES string of the molecule is CNC(c1ccc(Br)c(F)c1)c1ccco1. The molecule has 0 saturated carbocycles. The summed E-state index contributed by atoms with van der Waals surface area (Å²) in [6.45, 7) is 0. The second kappa shape index (κ2) is 4.80. The first kappa shape index (κ1) is 11.4. The molecule has 0 spiro atoms. The molecule has 2 aromatic rings. The van der Waals surface area contributed by atoms with Gasteiger partial charge in [0.05, 0.1) is 16.8 Å². The molecule has 0 aliphatic rings. The maximum atomic E-state index is 13.4. The van der Waals surface area contributed by atoms with Crippen LogP contribution >= 0.6 is 15.9 Å². The molecule has 0 saturated heterocycles. The molecule has 1 aromatic carbocycles. The molecular formula is C12H11BrFNO. The van der Waals surface area contributed by atoms with Gasteiger partial charge >= 0.3 is 0 Å². The lowest BCUT2D eigenvalue weighted by atomic mass is 10.0. The predicted octanol–water partition coefficient (Wildman–Crippen LogP) is 3.49. The predicted molar refractivity (Wildman–Crippen MR) is 63.7 cm³/mol. The minimum atomic E-state index is -0.274. The van der Waals surface area contributed by atoms with Crippen LogP contribution < -0.4 is 5.32 Å². The van der Waals surface area contributed by atoms with E-state index in [0.29, 0.717) is 4.47 Å². The summed E-state index contributed by atoms with van der Waals surface area (Å²) in [5, 5.41) is 3.09. The average Bonchev–Trinajstić information content (AvgIpc) is 2.78. The second-order valence-corrected chi connectivity index (χ2v) is 4.26. The van der Waals surface area contributed by atoms with E-state index in [-0.39, 0.29) is 11.9 Å². The molecule has 1 aromatic heterocycles. The van der Waals surface area contributed by atoms with Gasteiger partial charge in [0.25, 0.3) is 0 Å². The van der Waals surface area contributed by atoms with Crippen molar-refractivity contribution in [3.63, 3.8) is 0 Å². The highest BCUT2D eigenvalue weighted by Crippen LogP contribution is 2.25. The van der Waals surface area contributed by atoms with Crippen molar-refractivity contribution in [2.45, 2.75) is 6.04 Å². The molecule has 1 heterocycles. The van der Waals surface area contributed by atoms with Gasteiger partial charge in [0, 0.05) is 0 Å². The fourth-order valence-corrected chi connectivity index (χ4v) is 1.87. The van der Waals surface area contributed by atoms with Crippen LogP contribution in [0, 0.1) is 5.82 Å². The Morgan fingerprint density at radius 3 is 2.75 bits per heavy atom. The molecule has 1 N–H and O–H groups in total. The third-order valence-electron chi connectivity index (χ3n) is 2.39. The zero-order chi connectivity index (χ0) is 11.5. The van der Waals surface area contributed by atoms with E-state index in [1.54, 1.807) is 12.3 Å². The molecule has 0 bridgehead atoms. The van der Waals surface area contributed by atoms with E-state index in [1.165, 1.54) is 6.07 Å². The third kappa shape index (κ3) is 2.18. The van der Waals surface area contributed by atoms with Crippen molar-refractivity contribution in [2.75, 3.05) is 7.05 Å². The number of nitrogens with one attached hydrogen (secondary N) is 1. The summed E-state index contributed by atoms with van der Waals surface area (Å²) >= 11 is 3.13. The molecule has 0 aliphatic carbocycles. The summed E-state index contributed by atoms with van der Waals surface area (Å²) in [5.74, 6) is 0.494. The number of hydrogen-bond acceptors (Lipinski definition) is 2. The molecule has 84 valence electrons. The van der Waals surface area contributed by atoms with E-state index >= 15 is 0 Å². The smallest absolute Gasteiger partial charge is 0.137 e. The maximum absolute atomic E-state index is 13.4. The van der Waals surface area contributed by atoms with Crippen LogP contribution in [-0.4, -0.2) is 7.05 Å². The summed E-state index contributed by atoms with van der Waals surface area (Å²) in [6.07, 6.45) is 1.61. The van der Waals surface area contributed by atoms with Crippen molar-refractivity contribution in [2.24, 2.45) is 0 Å². The number of furan rings is 1. The molecule has 1 unspecified atom stereocenters. The average molecular weight is 284 g/mol. The topological polar surface area (TPSA) is 25.2 Å². The van der Waals surface area contributed by atoms with Crippen molar-refractivity contribution in [3.8, 4) is 0 Å². The molecule has 1 atom stereocenters. The fourth-order valence-electron chi connectivity index (χ4n) is 1.62. The van der Waals surface area contributed by atoms with E-state index in [9.17, 15) is 4.39 Å². The first-order chi connectivity index (χ1) is 7.72. The molecule has 4 heteroatoms. The third-order valence-corrected chi connectivity index (χ3v) is 3.04. The van der Waals surface area contributed by atoms with Gasteiger partial charge in [0.1, 0.15) is 11.6 Å². The van der Waals surface area contributed by atoms with Gasteiger partial charge in [-0.05, 0) is 52.8 Å². The summed E-state index contributed by atoms with van der Waals surface area (Å²) in [4.78, 5) is 0. The van der Waals surface area contributed by atoms with Crippen molar-refractivity contribution < 1.29 is 8.81 Å². The monoisotopic (exact) mass is 283 g/mol. The van der Waals surface area contributed by atoms with Crippen LogP contribution in [0.15, 0.2) is 45.5 Å². The Labute approximate surface area is 102 Å². The summed E-state index contributed by atoms with van der Waals surface area (Å²) in [5.41, 5.74) is 0.832. The van der Waals surface area contributed by atoms with Crippen LogP contribution in [0.4, 0.5) is 4.39 Å². The fraction of sp³-hybridized carbons (Fsp3) is 0.167. The molecule has 0 radical (unpaired) electrons. The van der Waals surface area contributed by atoms with E-state index in [1.807, 2.05) is 25.2 Å².